The molecule has 0 heteroatoms. The van der Waals surface area contributed by atoms with Crippen molar-refractivity contribution in [3.63, 3.8) is 0 Å². The largest absolute Gasteiger partial charge is 0.0651 e. The summed E-state index contributed by atoms with van der Waals surface area (Å²) < 4.78 is 0. The molecule has 0 saturated carbocycles. The molecule has 4 rings (SSSR count). The third-order valence-electron chi connectivity index (χ3n) is 6.03. The van der Waals surface area contributed by atoms with Crippen molar-refractivity contribution in [2.45, 2.75) is 40.5 Å². The lowest BCUT2D eigenvalue weighted by molar-refractivity contribution is 0.928. The van der Waals surface area contributed by atoms with Gasteiger partial charge in [0.1, 0.15) is 0 Å². The molecule has 28 heavy (non-hydrogen) atoms. The molecule has 140 valence electrons. The first-order valence-corrected chi connectivity index (χ1v) is 10.3. The van der Waals surface area contributed by atoms with Crippen molar-refractivity contribution in [1.82, 2.24) is 0 Å². The number of aryl methyl sites for hydroxylation is 2. The summed E-state index contributed by atoms with van der Waals surface area (Å²) in [6, 6.07) is 26.5. The quantitative estimate of drug-likeness (QED) is 0.253. The summed E-state index contributed by atoms with van der Waals surface area (Å²) in [6.07, 6.45) is 2.24. The van der Waals surface area contributed by atoms with Gasteiger partial charge in [0.2, 0.25) is 0 Å². The molecule has 0 aromatic heterocycles. The zero-order chi connectivity index (χ0) is 19.7. The number of hydrogen-bond donors (Lipinski definition) is 0. The van der Waals surface area contributed by atoms with Gasteiger partial charge in [0.25, 0.3) is 0 Å². The van der Waals surface area contributed by atoms with E-state index in [2.05, 4.69) is 100 Å². The maximum atomic E-state index is 2.30. The number of rotatable bonds is 4. The minimum Gasteiger partial charge on any atom is -0.0651 e. The van der Waals surface area contributed by atoms with Crippen molar-refractivity contribution in [3.8, 4) is 0 Å². The average molecular weight is 365 g/mol. The number of benzene rings is 4. The Morgan fingerprint density at radius 2 is 1.18 bits per heavy atom. The van der Waals surface area contributed by atoms with Crippen LogP contribution < -0.4 is 0 Å². The summed E-state index contributed by atoms with van der Waals surface area (Å²) in [6.45, 7) is 9.06. The zero-order valence-corrected chi connectivity index (χ0v) is 17.3. The maximum absolute atomic E-state index is 2.30. The van der Waals surface area contributed by atoms with E-state index in [1.807, 2.05) is 0 Å². The molecule has 4 aromatic carbocycles. The molecule has 0 bridgehead atoms. The molecule has 0 radical (unpaired) electrons. The topological polar surface area (TPSA) is 0 Å². The minimum atomic E-state index is 1.10. The van der Waals surface area contributed by atoms with Gasteiger partial charge in [-0.25, -0.2) is 0 Å². The number of allylic oxidation sites excluding steroid dienone is 2. The molecule has 0 N–H and O–H groups in total. The van der Waals surface area contributed by atoms with Crippen LogP contribution in [0.2, 0.25) is 0 Å². The molecule has 4 aromatic rings. The van der Waals surface area contributed by atoms with Gasteiger partial charge in [-0.1, -0.05) is 86.1 Å². The Labute approximate surface area is 168 Å². The van der Waals surface area contributed by atoms with E-state index >= 15 is 0 Å². The Morgan fingerprint density at radius 3 is 1.82 bits per heavy atom. The molecule has 0 aliphatic carbocycles. The predicted octanol–water partition coefficient (Wildman–Crippen LogP) is 8.20. The van der Waals surface area contributed by atoms with Crippen molar-refractivity contribution in [3.05, 3.63) is 95.1 Å². The second-order valence-corrected chi connectivity index (χ2v) is 7.76. The van der Waals surface area contributed by atoms with Gasteiger partial charge in [0, 0.05) is 0 Å². The zero-order valence-electron chi connectivity index (χ0n) is 17.3. The average Bonchev–Trinajstić information content (AvgIpc) is 2.73. The van der Waals surface area contributed by atoms with Crippen LogP contribution in [0.1, 0.15) is 49.4 Å². The van der Waals surface area contributed by atoms with Crippen LogP contribution in [0.4, 0.5) is 0 Å². The minimum absolute atomic E-state index is 1.10. The summed E-state index contributed by atoms with van der Waals surface area (Å²) in [7, 11) is 0. The van der Waals surface area contributed by atoms with Crippen LogP contribution in [-0.4, -0.2) is 0 Å². The highest BCUT2D eigenvalue weighted by Gasteiger charge is 2.16. The molecule has 0 saturated heterocycles. The molecule has 0 aliphatic heterocycles. The van der Waals surface area contributed by atoms with Gasteiger partial charge >= 0.3 is 0 Å². The van der Waals surface area contributed by atoms with Crippen molar-refractivity contribution < 1.29 is 0 Å². The second kappa shape index (κ2) is 7.64. The van der Waals surface area contributed by atoms with Crippen molar-refractivity contribution >= 4 is 32.7 Å². The van der Waals surface area contributed by atoms with Gasteiger partial charge in [-0.3, -0.25) is 0 Å². The van der Waals surface area contributed by atoms with Crippen molar-refractivity contribution in [1.29, 1.82) is 0 Å². The molecule has 0 amide bonds. The highest BCUT2D eigenvalue weighted by molar-refractivity contribution is 6.15. The van der Waals surface area contributed by atoms with Gasteiger partial charge in [0.05, 0.1) is 0 Å². The van der Waals surface area contributed by atoms with Gasteiger partial charge < -0.3 is 0 Å². The van der Waals surface area contributed by atoms with Gasteiger partial charge in [-0.15, -0.1) is 0 Å². The van der Waals surface area contributed by atoms with Crippen molar-refractivity contribution in [2.75, 3.05) is 0 Å². The SMILES string of the molecule is CCCc1c(/C(C)=C(\C)c2ccccc2C)c2ccccc2c2ccccc12. The molecular formula is C28H28. The highest BCUT2D eigenvalue weighted by Crippen LogP contribution is 2.39. The van der Waals surface area contributed by atoms with E-state index in [1.54, 1.807) is 0 Å². The fourth-order valence-corrected chi connectivity index (χ4v) is 4.54. The van der Waals surface area contributed by atoms with Crippen LogP contribution in [0, 0.1) is 6.92 Å². The van der Waals surface area contributed by atoms with E-state index < -0.39 is 0 Å². The molecule has 0 aliphatic rings. The van der Waals surface area contributed by atoms with E-state index in [0.717, 1.165) is 12.8 Å². The third kappa shape index (κ3) is 3.03. The van der Waals surface area contributed by atoms with Crippen LogP contribution in [0.25, 0.3) is 32.7 Å². The Kier molecular flexibility index (Phi) is 5.05. The molecule has 0 heterocycles. The Balaban J connectivity index is 2.14. The lowest BCUT2D eigenvalue weighted by atomic mass is 9.84. The molecule has 0 spiro atoms. The van der Waals surface area contributed by atoms with Crippen LogP contribution in [0.15, 0.2) is 72.8 Å². The van der Waals surface area contributed by atoms with Crippen LogP contribution >= 0.6 is 0 Å². The van der Waals surface area contributed by atoms with E-state index in [4.69, 9.17) is 0 Å². The molecule has 0 unspecified atom stereocenters. The van der Waals surface area contributed by atoms with E-state index in [9.17, 15) is 0 Å². The third-order valence-corrected chi connectivity index (χ3v) is 6.03. The van der Waals surface area contributed by atoms with E-state index in [-0.39, 0.29) is 0 Å². The Bertz CT molecular complexity index is 1190. The van der Waals surface area contributed by atoms with E-state index in [1.165, 1.54) is 54.9 Å². The summed E-state index contributed by atoms with van der Waals surface area (Å²) in [5, 5.41) is 5.49. The summed E-state index contributed by atoms with van der Waals surface area (Å²) >= 11 is 0. The summed E-state index contributed by atoms with van der Waals surface area (Å²) in [5.74, 6) is 0. The number of fused-ring (bicyclic) bond motifs is 3. The molecule has 0 atom stereocenters. The highest BCUT2D eigenvalue weighted by atomic mass is 14.2. The lowest BCUT2D eigenvalue weighted by Crippen LogP contribution is -1.99. The van der Waals surface area contributed by atoms with Gasteiger partial charge in [-0.05, 0) is 82.1 Å². The smallest absolute Gasteiger partial charge is 0.00991 e. The number of hydrogen-bond acceptors (Lipinski definition) is 0. The Hall–Kier alpha value is -2.86. The first-order valence-electron chi connectivity index (χ1n) is 10.3. The van der Waals surface area contributed by atoms with Gasteiger partial charge in [-0.2, -0.15) is 0 Å². The molecule has 0 nitrogen and oxygen atoms in total. The first-order chi connectivity index (χ1) is 13.6. The molecule has 0 fully saturated rings. The van der Waals surface area contributed by atoms with Gasteiger partial charge in [0.15, 0.2) is 0 Å². The normalized spacial score (nSPS) is 12.4. The van der Waals surface area contributed by atoms with Crippen LogP contribution in [0.5, 0.6) is 0 Å². The first kappa shape index (κ1) is 18.5. The van der Waals surface area contributed by atoms with Crippen LogP contribution in [0.3, 0.4) is 0 Å². The molecular weight excluding hydrogens is 336 g/mol. The summed E-state index contributed by atoms with van der Waals surface area (Å²) in [4.78, 5) is 0. The van der Waals surface area contributed by atoms with Crippen LogP contribution in [-0.2, 0) is 6.42 Å². The second-order valence-electron chi connectivity index (χ2n) is 7.76. The lowest BCUT2D eigenvalue weighted by Gasteiger charge is -2.20. The standard InChI is InChI=1S/C28H28/c1-5-12-26-24-16-9-8-15-23(24)25-17-10-11-18-27(25)28(26)21(4)20(3)22-14-7-6-13-19(22)2/h6-11,13-18H,5,12H2,1-4H3/b21-20+. The maximum Gasteiger partial charge on any atom is -0.00991 e. The fourth-order valence-electron chi connectivity index (χ4n) is 4.54. The Morgan fingerprint density at radius 1 is 0.643 bits per heavy atom. The van der Waals surface area contributed by atoms with Crippen molar-refractivity contribution in [2.24, 2.45) is 0 Å². The fraction of sp³-hybridized carbons (Fsp3) is 0.214. The monoisotopic (exact) mass is 364 g/mol. The predicted molar refractivity (Wildman–Crippen MR) is 125 cm³/mol. The summed E-state index contributed by atoms with van der Waals surface area (Å²) in [5.41, 5.74) is 8.36. The van der Waals surface area contributed by atoms with E-state index in [0.29, 0.717) is 0 Å².